The molecule has 1 fully saturated rings. The molecule has 3 N–H and O–H groups in total. The first-order valence-corrected chi connectivity index (χ1v) is 10.4. The topological polar surface area (TPSA) is 90.9 Å². The van der Waals surface area contributed by atoms with Crippen LogP contribution in [-0.4, -0.2) is 32.8 Å². The lowest BCUT2D eigenvalue weighted by Crippen LogP contribution is -2.29. The highest BCUT2D eigenvalue weighted by molar-refractivity contribution is 6.36. The summed E-state index contributed by atoms with van der Waals surface area (Å²) in [5, 5.41) is 8.02. The van der Waals surface area contributed by atoms with Gasteiger partial charge in [0, 0.05) is 22.3 Å². The fourth-order valence-corrected chi connectivity index (χ4v) is 4.17. The highest BCUT2D eigenvalue weighted by Crippen LogP contribution is 2.35. The van der Waals surface area contributed by atoms with E-state index in [4.69, 9.17) is 33.7 Å². The van der Waals surface area contributed by atoms with Crippen molar-refractivity contribution in [2.45, 2.75) is 31.9 Å². The lowest BCUT2D eigenvalue weighted by Gasteiger charge is -2.22. The van der Waals surface area contributed by atoms with Crippen LogP contribution < -0.4 is 15.8 Å². The van der Waals surface area contributed by atoms with Crippen LogP contribution in [0.1, 0.15) is 37.5 Å². The number of ether oxygens (including phenoxy) is 1. The lowest BCUT2D eigenvalue weighted by molar-refractivity contribution is 0.218. The first-order valence-electron chi connectivity index (χ1n) is 9.62. The van der Waals surface area contributed by atoms with Crippen molar-refractivity contribution < 1.29 is 9.13 Å². The zero-order chi connectivity index (χ0) is 21.3. The van der Waals surface area contributed by atoms with Gasteiger partial charge in [-0.2, -0.15) is 5.10 Å². The number of anilines is 1. The summed E-state index contributed by atoms with van der Waals surface area (Å²) in [6.07, 6.45) is 6.62. The maximum absolute atomic E-state index is 13.9. The summed E-state index contributed by atoms with van der Waals surface area (Å²) in [5.41, 5.74) is 7.66. The molecule has 10 heteroatoms. The second kappa shape index (κ2) is 8.75. The Morgan fingerprint density at radius 2 is 2.03 bits per heavy atom. The van der Waals surface area contributed by atoms with Gasteiger partial charge in [0.1, 0.15) is 11.9 Å². The molecule has 0 spiro atoms. The lowest BCUT2D eigenvalue weighted by atomic mass is 10.1. The van der Waals surface area contributed by atoms with E-state index < -0.39 is 11.9 Å². The molecule has 2 aromatic heterocycles. The van der Waals surface area contributed by atoms with Crippen LogP contribution in [0.15, 0.2) is 30.7 Å². The summed E-state index contributed by atoms with van der Waals surface area (Å²) in [7, 11) is 0. The fraction of sp³-hybridized carbons (Fsp3) is 0.350. The van der Waals surface area contributed by atoms with Gasteiger partial charge in [0.05, 0.1) is 29.2 Å². The van der Waals surface area contributed by atoms with Crippen LogP contribution in [-0.2, 0) is 0 Å². The Bertz CT molecular complexity index is 1050. The summed E-state index contributed by atoms with van der Waals surface area (Å²) in [6.45, 7) is 3.64. The standard InChI is InChI=1S/C20H21Cl2FN6O/c1-11(17-14(21)2-3-15(23)18(17)22)30-20-19(24)26-9-16(28-20)12-8-27-29(10-12)13-4-6-25-7-5-13/h2-3,8-11,13,25H,4-7H2,1H3,(H2,24,26)/t11-/m1/s1. The zero-order valence-electron chi connectivity index (χ0n) is 16.3. The van der Waals surface area contributed by atoms with Gasteiger partial charge in [-0.15, -0.1) is 0 Å². The molecule has 3 heterocycles. The molecular formula is C20H21Cl2FN6O. The quantitative estimate of drug-likeness (QED) is 0.558. The van der Waals surface area contributed by atoms with Gasteiger partial charge in [0.15, 0.2) is 5.82 Å². The largest absolute Gasteiger partial charge is 0.467 e. The number of halogens is 3. The van der Waals surface area contributed by atoms with Gasteiger partial charge in [-0.3, -0.25) is 4.68 Å². The fourth-order valence-electron chi connectivity index (χ4n) is 3.49. The predicted octanol–water partition coefficient (Wildman–Crippen LogP) is 4.43. The minimum Gasteiger partial charge on any atom is -0.467 e. The van der Waals surface area contributed by atoms with Crippen molar-refractivity contribution in [2.75, 3.05) is 18.8 Å². The first-order chi connectivity index (χ1) is 14.4. The molecule has 0 bridgehead atoms. The second-order valence-corrected chi connectivity index (χ2v) is 7.94. The van der Waals surface area contributed by atoms with Crippen LogP contribution in [0.3, 0.4) is 0 Å². The molecule has 30 heavy (non-hydrogen) atoms. The second-order valence-electron chi connectivity index (χ2n) is 7.15. The molecule has 158 valence electrons. The third-order valence-electron chi connectivity index (χ3n) is 5.12. The van der Waals surface area contributed by atoms with E-state index in [0.29, 0.717) is 22.3 Å². The molecule has 1 aromatic carbocycles. The molecule has 0 amide bonds. The van der Waals surface area contributed by atoms with E-state index in [2.05, 4.69) is 20.4 Å². The number of piperidine rings is 1. The smallest absolute Gasteiger partial charge is 0.258 e. The predicted molar refractivity (Wildman–Crippen MR) is 114 cm³/mol. The number of nitrogens with one attached hydrogen (secondary N) is 1. The van der Waals surface area contributed by atoms with Gasteiger partial charge in [-0.25, -0.2) is 14.4 Å². The molecule has 3 aromatic rings. The normalized spacial score (nSPS) is 15.9. The van der Waals surface area contributed by atoms with Gasteiger partial charge in [0.25, 0.3) is 5.88 Å². The Morgan fingerprint density at radius 1 is 1.27 bits per heavy atom. The van der Waals surface area contributed by atoms with E-state index >= 15 is 0 Å². The Kier molecular flexibility index (Phi) is 6.08. The summed E-state index contributed by atoms with van der Waals surface area (Å²) in [5.74, 6) is -0.351. The summed E-state index contributed by atoms with van der Waals surface area (Å²) in [4.78, 5) is 8.68. The van der Waals surface area contributed by atoms with Crippen molar-refractivity contribution in [3.05, 3.63) is 52.1 Å². The van der Waals surface area contributed by atoms with E-state index in [0.717, 1.165) is 31.5 Å². The third kappa shape index (κ3) is 4.21. The number of rotatable bonds is 5. The molecule has 7 nitrogen and oxygen atoms in total. The number of nitrogens with two attached hydrogens (primary N) is 1. The molecule has 4 rings (SSSR count). The Balaban J connectivity index is 1.58. The number of nitrogens with zero attached hydrogens (tertiary/aromatic N) is 4. The Morgan fingerprint density at radius 3 is 2.80 bits per heavy atom. The molecule has 0 radical (unpaired) electrons. The molecule has 1 aliphatic heterocycles. The van der Waals surface area contributed by atoms with Crippen LogP contribution in [0, 0.1) is 5.82 Å². The Hall–Kier alpha value is -2.42. The molecule has 0 saturated carbocycles. The van der Waals surface area contributed by atoms with E-state index in [1.165, 1.54) is 12.1 Å². The van der Waals surface area contributed by atoms with Crippen molar-refractivity contribution in [2.24, 2.45) is 0 Å². The van der Waals surface area contributed by atoms with Crippen LogP contribution in [0.2, 0.25) is 10.0 Å². The molecule has 1 atom stereocenters. The van der Waals surface area contributed by atoms with Gasteiger partial charge in [-0.05, 0) is 45.0 Å². The van der Waals surface area contributed by atoms with Gasteiger partial charge in [0.2, 0.25) is 0 Å². The maximum atomic E-state index is 13.9. The number of nitrogen functional groups attached to an aromatic ring is 1. The summed E-state index contributed by atoms with van der Waals surface area (Å²) in [6, 6.07) is 2.99. The number of hydrogen-bond acceptors (Lipinski definition) is 6. The first kappa shape index (κ1) is 20.8. The van der Waals surface area contributed by atoms with Crippen LogP contribution in [0.25, 0.3) is 11.3 Å². The molecule has 1 aliphatic rings. The van der Waals surface area contributed by atoms with Crippen molar-refractivity contribution in [3.63, 3.8) is 0 Å². The maximum Gasteiger partial charge on any atom is 0.258 e. The average molecular weight is 451 g/mol. The zero-order valence-corrected chi connectivity index (χ0v) is 17.8. The van der Waals surface area contributed by atoms with Crippen LogP contribution >= 0.6 is 23.2 Å². The van der Waals surface area contributed by atoms with Gasteiger partial charge >= 0.3 is 0 Å². The van der Waals surface area contributed by atoms with Crippen molar-refractivity contribution in [1.29, 1.82) is 0 Å². The van der Waals surface area contributed by atoms with Crippen molar-refractivity contribution in [1.82, 2.24) is 25.1 Å². The monoisotopic (exact) mass is 450 g/mol. The number of aromatic nitrogens is 4. The molecule has 0 unspecified atom stereocenters. The highest BCUT2D eigenvalue weighted by Gasteiger charge is 2.21. The minimum atomic E-state index is -0.690. The molecular weight excluding hydrogens is 430 g/mol. The summed E-state index contributed by atoms with van der Waals surface area (Å²) < 4.78 is 21.7. The van der Waals surface area contributed by atoms with Gasteiger partial charge < -0.3 is 15.8 Å². The average Bonchev–Trinajstić information content (AvgIpc) is 3.24. The van der Waals surface area contributed by atoms with E-state index in [1.807, 2.05) is 10.9 Å². The number of hydrogen-bond donors (Lipinski definition) is 2. The Labute approximate surface area is 183 Å². The van der Waals surface area contributed by atoms with Crippen molar-refractivity contribution in [3.8, 4) is 17.1 Å². The highest BCUT2D eigenvalue weighted by atomic mass is 35.5. The minimum absolute atomic E-state index is 0.0964. The molecule has 1 saturated heterocycles. The summed E-state index contributed by atoms with van der Waals surface area (Å²) >= 11 is 12.3. The number of benzene rings is 1. The van der Waals surface area contributed by atoms with E-state index in [9.17, 15) is 4.39 Å². The van der Waals surface area contributed by atoms with Crippen LogP contribution in [0.4, 0.5) is 10.2 Å². The van der Waals surface area contributed by atoms with E-state index in [1.54, 1.807) is 19.3 Å². The van der Waals surface area contributed by atoms with E-state index in [-0.39, 0.29) is 16.7 Å². The van der Waals surface area contributed by atoms with Crippen LogP contribution in [0.5, 0.6) is 5.88 Å². The van der Waals surface area contributed by atoms with Crippen molar-refractivity contribution >= 4 is 29.0 Å². The molecule has 0 aliphatic carbocycles. The van der Waals surface area contributed by atoms with Gasteiger partial charge in [-0.1, -0.05) is 23.2 Å². The third-order valence-corrected chi connectivity index (χ3v) is 5.84. The SMILES string of the molecule is C[C@@H](Oc1nc(-c2cnn(C3CCNCC3)c2)cnc1N)c1c(Cl)ccc(F)c1Cl.